The van der Waals surface area contributed by atoms with Gasteiger partial charge in [0.15, 0.2) is 0 Å². The molecule has 1 aromatic rings. The third-order valence-corrected chi connectivity index (χ3v) is 4.07. The van der Waals surface area contributed by atoms with Crippen LogP contribution in [-0.4, -0.2) is 18.5 Å². The summed E-state index contributed by atoms with van der Waals surface area (Å²) in [6.07, 6.45) is 3.19. The normalized spacial score (nSPS) is 12.5. The first-order valence-electron chi connectivity index (χ1n) is 6.16. The Kier molecular flexibility index (Phi) is 5.65. The van der Waals surface area contributed by atoms with Gasteiger partial charge in [0.05, 0.1) is 4.88 Å². The molecule has 0 fully saturated rings. The smallest absolute Gasteiger partial charge is 0.261 e. The van der Waals surface area contributed by atoms with Crippen LogP contribution in [0.4, 0.5) is 0 Å². The van der Waals surface area contributed by atoms with E-state index < -0.39 is 0 Å². The lowest BCUT2D eigenvalue weighted by Crippen LogP contribution is -2.39. The van der Waals surface area contributed by atoms with Crippen molar-refractivity contribution >= 4 is 17.2 Å². The zero-order valence-corrected chi connectivity index (χ0v) is 11.7. The first-order valence-corrected chi connectivity index (χ1v) is 6.98. The van der Waals surface area contributed by atoms with E-state index in [1.165, 1.54) is 10.4 Å². The Bertz CT molecular complexity index is 354. The summed E-state index contributed by atoms with van der Waals surface area (Å²) in [6.45, 7) is 6.71. The van der Waals surface area contributed by atoms with E-state index in [9.17, 15) is 4.79 Å². The first kappa shape index (κ1) is 14.2. The topological polar surface area (TPSA) is 55.1 Å². The van der Waals surface area contributed by atoms with Crippen LogP contribution >= 0.6 is 11.3 Å². The van der Waals surface area contributed by atoms with Gasteiger partial charge in [-0.2, -0.15) is 0 Å². The van der Waals surface area contributed by atoms with Crippen LogP contribution < -0.4 is 11.1 Å². The van der Waals surface area contributed by atoms with Crippen LogP contribution in [0, 0.1) is 13.8 Å². The number of aryl methyl sites for hydroxylation is 2. The van der Waals surface area contributed by atoms with Gasteiger partial charge in [-0.15, -0.1) is 11.3 Å². The van der Waals surface area contributed by atoms with Gasteiger partial charge in [0.25, 0.3) is 5.91 Å². The molecule has 0 spiro atoms. The summed E-state index contributed by atoms with van der Waals surface area (Å²) >= 11 is 1.55. The second-order valence-corrected chi connectivity index (χ2v) is 5.65. The van der Waals surface area contributed by atoms with Crippen LogP contribution in [0.5, 0.6) is 0 Å². The van der Waals surface area contributed by atoms with Crippen molar-refractivity contribution in [1.29, 1.82) is 0 Å². The quantitative estimate of drug-likeness (QED) is 0.820. The zero-order valence-electron chi connectivity index (χ0n) is 10.9. The minimum Gasteiger partial charge on any atom is -0.347 e. The maximum absolute atomic E-state index is 12.0. The van der Waals surface area contributed by atoms with E-state index in [1.54, 1.807) is 11.3 Å². The third-order valence-electron chi connectivity index (χ3n) is 2.92. The highest BCUT2D eigenvalue weighted by atomic mass is 32.1. The summed E-state index contributed by atoms with van der Waals surface area (Å²) in [4.78, 5) is 14.0. The van der Waals surface area contributed by atoms with Gasteiger partial charge in [-0.1, -0.05) is 19.8 Å². The average Bonchev–Trinajstić information content (AvgIpc) is 2.65. The number of nitrogens with two attached hydrogens (primary N) is 1. The van der Waals surface area contributed by atoms with E-state index in [4.69, 9.17) is 5.73 Å². The van der Waals surface area contributed by atoms with Crippen molar-refractivity contribution in [2.75, 3.05) is 6.54 Å². The fraction of sp³-hybridized carbons (Fsp3) is 0.615. The van der Waals surface area contributed by atoms with Crippen LogP contribution in [0.15, 0.2) is 6.07 Å². The van der Waals surface area contributed by atoms with Crippen molar-refractivity contribution in [2.45, 2.75) is 46.1 Å². The van der Waals surface area contributed by atoms with Gasteiger partial charge in [-0.3, -0.25) is 4.79 Å². The van der Waals surface area contributed by atoms with Crippen molar-refractivity contribution in [2.24, 2.45) is 5.73 Å². The average molecular weight is 254 g/mol. The highest BCUT2D eigenvalue weighted by Gasteiger charge is 2.14. The SMILES string of the molecule is CCCCC(CN)NC(=O)c1cc(C)c(C)s1. The summed E-state index contributed by atoms with van der Waals surface area (Å²) in [6, 6.07) is 2.05. The molecule has 0 aliphatic heterocycles. The van der Waals surface area contributed by atoms with Crippen molar-refractivity contribution in [1.82, 2.24) is 5.32 Å². The molecule has 3 nitrogen and oxygen atoms in total. The van der Waals surface area contributed by atoms with E-state index in [0.29, 0.717) is 6.54 Å². The van der Waals surface area contributed by atoms with Crippen molar-refractivity contribution in [3.63, 3.8) is 0 Å². The Morgan fingerprint density at radius 3 is 2.71 bits per heavy atom. The Hall–Kier alpha value is -0.870. The monoisotopic (exact) mass is 254 g/mol. The summed E-state index contributed by atoms with van der Waals surface area (Å²) in [7, 11) is 0. The molecule has 1 amide bonds. The van der Waals surface area contributed by atoms with E-state index in [0.717, 1.165) is 24.1 Å². The molecule has 0 aliphatic carbocycles. The van der Waals surface area contributed by atoms with Crippen molar-refractivity contribution < 1.29 is 4.79 Å². The Morgan fingerprint density at radius 1 is 1.53 bits per heavy atom. The molecule has 0 saturated heterocycles. The minimum atomic E-state index is 0.0118. The molecule has 3 N–H and O–H groups in total. The Morgan fingerprint density at radius 2 is 2.24 bits per heavy atom. The molecule has 17 heavy (non-hydrogen) atoms. The number of hydrogen-bond acceptors (Lipinski definition) is 3. The molecule has 1 aromatic heterocycles. The van der Waals surface area contributed by atoms with Crippen LogP contribution in [0.2, 0.25) is 0 Å². The number of hydrogen-bond donors (Lipinski definition) is 2. The van der Waals surface area contributed by atoms with Gasteiger partial charge in [0.1, 0.15) is 0 Å². The lowest BCUT2D eigenvalue weighted by Gasteiger charge is -2.15. The molecule has 1 heterocycles. The molecule has 0 radical (unpaired) electrons. The molecule has 0 bridgehead atoms. The summed E-state index contributed by atoms with van der Waals surface area (Å²) < 4.78 is 0. The molecule has 1 atom stereocenters. The number of unbranched alkanes of at least 4 members (excludes halogenated alkanes) is 1. The van der Waals surface area contributed by atoms with E-state index >= 15 is 0 Å². The van der Waals surface area contributed by atoms with Crippen molar-refractivity contribution in [3.8, 4) is 0 Å². The zero-order chi connectivity index (χ0) is 12.8. The lowest BCUT2D eigenvalue weighted by molar-refractivity contribution is 0.0940. The predicted molar refractivity (Wildman–Crippen MR) is 73.6 cm³/mol. The molecular weight excluding hydrogens is 232 g/mol. The largest absolute Gasteiger partial charge is 0.347 e. The second-order valence-electron chi connectivity index (χ2n) is 4.40. The fourth-order valence-corrected chi connectivity index (χ4v) is 2.58. The molecular formula is C13H22N2OS. The fourth-order valence-electron chi connectivity index (χ4n) is 1.64. The highest BCUT2D eigenvalue weighted by molar-refractivity contribution is 7.14. The number of carbonyl (C=O) groups excluding carboxylic acids is 1. The summed E-state index contributed by atoms with van der Waals surface area (Å²) in [5, 5.41) is 3.00. The number of nitrogens with one attached hydrogen (secondary N) is 1. The molecule has 1 unspecified atom stereocenters. The van der Waals surface area contributed by atoms with Gasteiger partial charge in [0, 0.05) is 17.5 Å². The van der Waals surface area contributed by atoms with Crippen LogP contribution in [-0.2, 0) is 0 Å². The summed E-state index contributed by atoms with van der Waals surface area (Å²) in [5.74, 6) is 0.0118. The van der Waals surface area contributed by atoms with Crippen molar-refractivity contribution in [3.05, 3.63) is 21.4 Å². The van der Waals surface area contributed by atoms with Gasteiger partial charge in [-0.05, 0) is 31.9 Å². The lowest BCUT2D eigenvalue weighted by atomic mass is 10.1. The number of thiophene rings is 1. The molecule has 0 aliphatic rings. The number of amides is 1. The maximum atomic E-state index is 12.0. The van der Waals surface area contributed by atoms with Crippen LogP contribution in [0.3, 0.4) is 0 Å². The van der Waals surface area contributed by atoms with Gasteiger partial charge >= 0.3 is 0 Å². The van der Waals surface area contributed by atoms with E-state index in [-0.39, 0.29) is 11.9 Å². The minimum absolute atomic E-state index is 0.0118. The number of carbonyl (C=O) groups is 1. The third kappa shape index (κ3) is 4.13. The standard InChI is InChI=1S/C13H22N2OS/c1-4-5-6-11(8-14)15-13(16)12-7-9(2)10(3)17-12/h7,11H,4-6,8,14H2,1-3H3,(H,15,16). The summed E-state index contributed by atoms with van der Waals surface area (Å²) in [5.41, 5.74) is 6.84. The molecule has 1 rings (SSSR count). The first-order chi connectivity index (χ1) is 8.08. The molecule has 96 valence electrons. The highest BCUT2D eigenvalue weighted by Crippen LogP contribution is 2.20. The van der Waals surface area contributed by atoms with Crippen LogP contribution in [0.1, 0.15) is 46.3 Å². The van der Waals surface area contributed by atoms with Gasteiger partial charge in [-0.25, -0.2) is 0 Å². The Labute approximate surface area is 107 Å². The number of rotatable bonds is 6. The van der Waals surface area contributed by atoms with Gasteiger partial charge < -0.3 is 11.1 Å². The Balaban J connectivity index is 2.58. The van der Waals surface area contributed by atoms with Gasteiger partial charge in [0.2, 0.25) is 0 Å². The van der Waals surface area contributed by atoms with E-state index in [2.05, 4.69) is 12.2 Å². The van der Waals surface area contributed by atoms with Crippen LogP contribution in [0.25, 0.3) is 0 Å². The molecule has 4 heteroatoms. The predicted octanol–water partition coefficient (Wildman–Crippen LogP) is 2.61. The van der Waals surface area contributed by atoms with E-state index in [1.807, 2.05) is 19.9 Å². The molecule has 0 saturated carbocycles. The maximum Gasteiger partial charge on any atom is 0.261 e. The second kappa shape index (κ2) is 6.77. The molecule has 0 aromatic carbocycles.